The van der Waals surface area contributed by atoms with Crippen LogP contribution >= 0.6 is 21.3 Å². The van der Waals surface area contributed by atoms with Gasteiger partial charge in [-0.2, -0.15) is 12.6 Å². The number of carbonyl (C=O) groups is 2. The predicted octanol–water partition coefficient (Wildman–Crippen LogP) is 9.20. The lowest BCUT2D eigenvalue weighted by molar-refractivity contribution is -0.160. The Balaban J connectivity index is 3.79. The molecule has 0 aliphatic rings. The molecule has 0 amide bonds. The van der Waals surface area contributed by atoms with Crippen LogP contribution in [0.25, 0.3) is 0 Å². The zero-order chi connectivity index (χ0) is 27.2. The quantitative estimate of drug-likeness (QED) is 0.0424. The first-order valence-electron chi connectivity index (χ1n) is 15.0. The van der Waals surface area contributed by atoms with Crippen molar-refractivity contribution in [3.63, 3.8) is 0 Å². The highest BCUT2D eigenvalue weighted by molar-refractivity contribution is 7.80. The average molecular weight is 563 g/mol. The lowest BCUT2D eigenvalue weighted by atomic mass is 10.1. The van der Waals surface area contributed by atoms with Gasteiger partial charge in [0.2, 0.25) is 0 Å². The molecule has 0 bridgehead atoms. The highest BCUT2D eigenvalue weighted by Crippen LogP contribution is 2.14. The molecule has 37 heavy (non-hydrogen) atoms. The smallest absolute Gasteiger partial charge is 0.327 e. The van der Waals surface area contributed by atoms with Crippen LogP contribution in [0.3, 0.4) is 0 Å². The van der Waals surface area contributed by atoms with Crippen LogP contribution in [0.4, 0.5) is 0 Å². The molecule has 0 N–H and O–H groups in total. The van der Waals surface area contributed by atoms with Crippen LogP contribution in [0, 0.1) is 0 Å². The summed E-state index contributed by atoms with van der Waals surface area (Å²) >= 11 is 4.24. The van der Waals surface area contributed by atoms with E-state index in [-0.39, 0.29) is 25.2 Å². The highest BCUT2D eigenvalue weighted by Gasteiger charge is 2.17. The molecule has 0 aliphatic heterocycles. The fraction of sp³-hybridized carbons (Fsp3) is 0.931. The minimum Gasteiger partial charge on any atom is -0.462 e. The number of thiol groups is 1. The van der Waals surface area contributed by atoms with Crippen molar-refractivity contribution in [2.24, 2.45) is 0 Å². The maximum Gasteiger partial charge on any atom is 0.327 e. The van der Waals surface area contributed by atoms with E-state index in [1.165, 1.54) is 89.9 Å². The fourth-order valence-corrected chi connectivity index (χ4v) is 4.74. The van der Waals surface area contributed by atoms with Gasteiger partial charge in [-0.05, 0) is 25.0 Å². The third-order valence-corrected chi connectivity index (χ3v) is 7.14. The largest absolute Gasteiger partial charge is 0.462 e. The van der Waals surface area contributed by atoms with Crippen LogP contribution in [0.15, 0.2) is 0 Å². The molecule has 218 valence electrons. The summed E-state index contributed by atoms with van der Waals surface area (Å²) in [7, 11) is -0.484. The van der Waals surface area contributed by atoms with E-state index in [2.05, 4.69) is 19.6 Å². The van der Waals surface area contributed by atoms with Crippen LogP contribution in [0.1, 0.15) is 148 Å². The van der Waals surface area contributed by atoms with Gasteiger partial charge in [-0.25, -0.2) is 4.57 Å². The van der Waals surface area contributed by atoms with Gasteiger partial charge in [0.05, 0.1) is 0 Å². The van der Waals surface area contributed by atoms with Gasteiger partial charge in [0, 0.05) is 12.8 Å². The Labute approximate surface area is 234 Å². The van der Waals surface area contributed by atoms with Crippen molar-refractivity contribution in [2.45, 2.75) is 154 Å². The summed E-state index contributed by atoms with van der Waals surface area (Å²) in [5.74, 6) is 0.380. The number of unbranched alkanes of at least 4 members (excludes halogenated alkanes) is 18. The first-order valence-corrected chi connectivity index (χ1v) is 16.4. The minimum absolute atomic E-state index is 0.0585. The van der Waals surface area contributed by atoms with Gasteiger partial charge in [0.1, 0.15) is 13.2 Å². The molecule has 0 aromatic carbocycles. The van der Waals surface area contributed by atoms with E-state index in [1.807, 2.05) is 0 Å². The van der Waals surface area contributed by atoms with Gasteiger partial charge in [-0.3, -0.25) is 14.1 Å². The molecule has 6 nitrogen and oxygen atoms in total. The molecular weight excluding hydrogens is 507 g/mol. The van der Waals surface area contributed by atoms with E-state index in [0.717, 1.165) is 44.3 Å². The standard InChI is InChI=1S/C29H55O6PS/c1-2-3-4-5-6-10-14-17-20-23-29(31)35-27(26-34-36-32)25-33-28(30)22-19-16-13-11-8-7-9-12-15-18-21-24-37/h27,37H,2-26H2,1H3/t27-/m1/s1. The van der Waals surface area contributed by atoms with Crippen LogP contribution < -0.4 is 0 Å². The van der Waals surface area contributed by atoms with E-state index in [9.17, 15) is 14.2 Å². The molecule has 0 fully saturated rings. The van der Waals surface area contributed by atoms with Crippen LogP contribution in [0.5, 0.6) is 0 Å². The predicted molar refractivity (Wildman–Crippen MR) is 155 cm³/mol. The molecule has 0 rings (SSSR count). The summed E-state index contributed by atoms with van der Waals surface area (Å²) in [6.45, 7) is 2.10. The third-order valence-electron chi connectivity index (χ3n) is 6.56. The molecule has 0 aliphatic carbocycles. The molecule has 0 saturated heterocycles. The van der Waals surface area contributed by atoms with Crippen LogP contribution in [0.2, 0.25) is 0 Å². The van der Waals surface area contributed by atoms with Crippen LogP contribution in [-0.2, 0) is 28.2 Å². The van der Waals surface area contributed by atoms with E-state index < -0.39 is 14.8 Å². The Bertz CT molecular complexity index is 535. The Kier molecular flexibility index (Phi) is 29.4. The van der Waals surface area contributed by atoms with Crippen molar-refractivity contribution in [3.8, 4) is 0 Å². The lowest BCUT2D eigenvalue weighted by Crippen LogP contribution is -2.28. The Morgan fingerprint density at radius 2 is 1.05 bits per heavy atom. The van der Waals surface area contributed by atoms with Crippen molar-refractivity contribution in [1.29, 1.82) is 0 Å². The summed E-state index contributed by atoms with van der Waals surface area (Å²) in [5.41, 5.74) is 0. The van der Waals surface area contributed by atoms with Gasteiger partial charge < -0.3 is 9.47 Å². The van der Waals surface area contributed by atoms with Gasteiger partial charge in [-0.15, -0.1) is 0 Å². The molecule has 0 unspecified atom stereocenters. The van der Waals surface area contributed by atoms with Crippen molar-refractivity contribution < 1.29 is 28.2 Å². The number of rotatable bonds is 29. The second-order valence-corrected chi connectivity index (χ2v) is 11.0. The number of esters is 2. The molecule has 8 heteroatoms. The minimum atomic E-state index is -0.727. The third kappa shape index (κ3) is 28.2. The second kappa shape index (κ2) is 29.9. The Hall–Kier alpha value is -0.650. The zero-order valence-corrected chi connectivity index (χ0v) is 25.4. The van der Waals surface area contributed by atoms with E-state index in [4.69, 9.17) is 14.0 Å². The molecule has 0 heterocycles. The summed E-state index contributed by atoms with van der Waals surface area (Å²) in [6, 6.07) is 0. The van der Waals surface area contributed by atoms with Crippen molar-refractivity contribution in [3.05, 3.63) is 0 Å². The molecule has 0 radical (unpaired) electrons. The van der Waals surface area contributed by atoms with Gasteiger partial charge in [-0.1, -0.05) is 116 Å². The molecule has 0 aromatic rings. The Morgan fingerprint density at radius 3 is 1.51 bits per heavy atom. The van der Waals surface area contributed by atoms with Crippen molar-refractivity contribution in [1.82, 2.24) is 0 Å². The Morgan fingerprint density at radius 1 is 0.622 bits per heavy atom. The van der Waals surface area contributed by atoms with E-state index >= 15 is 0 Å². The van der Waals surface area contributed by atoms with E-state index in [0.29, 0.717) is 12.8 Å². The SMILES string of the molecule is CCCCCCCCCCCC(=O)O[C@@H](COP=O)COC(=O)CCCCCCCCCCCCCS. The topological polar surface area (TPSA) is 78.9 Å². The summed E-state index contributed by atoms with van der Waals surface area (Å²) in [5, 5.41) is 0. The number of ether oxygens (including phenoxy) is 2. The zero-order valence-electron chi connectivity index (χ0n) is 23.6. The van der Waals surface area contributed by atoms with Crippen molar-refractivity contribution >= 4 is 33.3 Å². The number of hydrogen-bond donors (Lipinski definition) is 1. The van der Waals surface area contributed by atoms with Gasteiger partial charge in [0.25, 0.3) is 0 Å². The molecular formula is C29H55O6PS. The summed E-state index contributed by atoms with van der Waals surface area (Å²) in [6.07, 6.45) is 23.8. The first kappa shape index (κ1) is 36.4. The maximum absolute atomic E-state index is 12.2. The maximum atomic E-state index is 12.2. The molecule has 0 aromatic heterocycles. The van der Waals surface area contributed by atoms with E-state index in [1.54, 1.807) is 0 Å². The molecule has 0 spiro atoms. The fourth-order valence-electron chi connectivity index (χ4n) is 4.28. The summed E-state index contributed by atoms with van der Waals surface area (Å²) < 4.78 is 26.2. The summed E-state index contributed by atoms with van der Waals surface area (Å²) in [4.78, 5) is 24.2. The monoisotopic (exact) mass is 562 g/mol. The second-order valence-electron chi connectivity index (χ2n) is 10.1. The van der Waals surface area contributed by atoms with Crippen molar-refractivity contribution in [2.75, 3.05) is 19.0 Å². The lowest BCUT2D eigenvalue weighted by Gasteiger charge is -2.16. The van der Waals surface area contributed by atoms with Crippen LogP contribution in [-0.4, -0.2) is 37.0 Å². The van der Waals surface area contributed by atoms with Gasteiger partial charge >= 0.3 is 20.6 Å². The van der Waals surface area contributed by atoms with Gasteiger partial charge in [0.15, 0.2) is 6.10 Å². The first-order chi connectivity index (χ1) is 18.1. The number of carbonyl (C=O) groups excluding carboxylic acids is 2. The number of hydrogen-bond acceptors (Lipinski definition) is 7. The molecule has 0 saturated carbocycles. The normalized spacial score (nSPS) is 12.1. The average Bonchev–Trinajstić information content (AvgIpc) is 2.89. The molecule has 1 atom stereocenters. The highest BCUT2D eigenvalue weighted by atomic mass is 32.1.